The Morgan fingerprint density at radius 1 is 1.09 bits per heavy atom. The minimum absolute atomic E-state index is 0.0760. The molecule has 0 saturated heterocycles. The molecule has 1 aliphatic rings. The summed E-state index contributed by atoms with van der Waals surface area (Å²) in [7, 11) is 2.32. The number of hydrogen-bond donors (Lipinski definition) is 0. The molecule has 0 N–H and O–H groups in total. The zero-order chi connectivity index (χ0) is 23.4. The van der Waals surface area contributed by atoms with Crippen molar-refractivity contribution in [2.75, 3.05) is 32.5 Å². The molecule has 1 heterocycles. The molecule has 2 aromatic rings. The number of nitrogens with zero attached hydrogens (tertiary/aromatic N) is 2. The van der Waals surface area contributed by atoms with Gasteiger partial charge in [-0.1, -0.05) is 11.6 Å². The third-order valence-electron chi connectivity index (χ3n) is 4.60. The van der Waals surface area contributed by atoms with Gasteiger partial charge in [-0.15, -0.1) is 0 Å². The molecule has 32 heavy (non-hydrogen) atoms. The molecule has 0 bridgehead atoms. The smallest absolute Gasteiger partial charge is 0.355 e. The van der Waals surface area contributed by atoms with E-state index in [0.29, 0.717) is 10.8 Å². The van der Waals surface area contributed by atoms with Gasteiger partial charge in [-0.3, -0.25) is 10.1 Å². The molecule has 11 heteroatoms. The highest BCUT2D eigenvalue weighted by atomic mass is 35.5. The summed E-state index contributed by atoms with van der Waals surface area (Å²) in [6, 6.07) is 8.88. The fourth-order valence-electron chi connectivity index (χ4n) is 3.05. The van der Waals surface area contributed by atoms with Crippen molar-refractivity contribution in [2.45, 2.75) is 6.92 Å². The number of carbonyl (C=O) groups is 2. The molecule has 0 aliphatic carbocycles. The molecule has 10 nitrogen and oxygen atoms in total. The van der Waals surface area contributed by atoms with Crippen LogP contribution in [-0.2, 0) is 23.8 Å². The van der Waals surface area contributed by atoms with Gasteiger partial charge < -0.3 is 23.8 Å². The Morgan fingerprint density at radius 2 is 1.81 bits per heavy atom. The number of nitro groups is 1. The zero-order valence-corrected chi connectivity index (χ0v) is 18.2. The molecule has 0 radical (unpaired) electrons. The van der Waals surface area contributed by atoms with Gasteiger partial charge in [0, 0.05) is 17.2 Å². The van der Waals surface area contributed by atoms with E-state index >= 15 is 0 Å². The maximum Gasteiger partial charge on any atom is 0.355 e. The molecular weight excluding hydrogens is 444 g/mol. The number of benzene rings is 2. The topological polar surface area (TPSA) is 117 Å². The second-order valence-electron chi connectivity index (χ2n) is 6.67. The Hall–Kier alpha value is -3.63. The van der Waals surface area contributed by atoms with E-state index in [1.807, 2.05) is 0 Å². The third-order valence-corrected chi connectivity index (χ3v) is 5.02. The van der Waals surface area contributed by atoms with E-state index in [4.69, 9.17) is 30.5 Å². The lowest BCUT2D eigenvalue weighted by Gasteiger charge is -2.31. The van der Waals surface area contributed by atoms with Crippen LogP contribution in [0.1, 0.15) is 5.56 Å². The number of ether oxygens (including phenoxy) is 4. The van der Waals surface area contributed by atoms with Gasteiger partial charge in [-0.05, 0) is 30.7 Å². The predicted octanol–water partition coefficient (Wildman–Crippen LogP) is 3.74. The molecule has 0 atom stereocenters. The van der Waals surface area contributed by atoms with Crippen molar-refractivity contribution in [3.8, 4) is 11.5 Å². The van der Waals surface area contributed by atoms with Crippen molar-refractivity contribution in [2.24, 2.45) is 0 Å². The Balaban J connectivity index is 2.10. The standard InChI is InChI=1S/C21H19ClN2O8/c1-12-6-15(4-5-18(12)22)32-16-8-13(7-14(9-16)24(27)28)23-11-31-10-17(20(25)29-2)19(23)21(26)30-3/h4-9H,10-11H2,1-3H3. The van der Waals surface area contributed by atoms with Gasteiger partial charge in [0.05, 0.1) is 43.1 Å². The quantitative estimate of drug-likeness (QED) is 0.359. The fraction of sp³-hybridized carbons (Fsp3) is 0.238. The van der Waals surface area contributed by atoms with Gasteiger partial charge in [0.1, 0.15) is 23.9 Å². The molecule has 0 unspecified atom stereocenters. The Morgan fingerprint density at radius 3 is 2.44 bits per heavy atom. The number of aryl methyl sites for hydroxylation is 1. The molecule has 0 fully saturated rings. The van der Waals surface area contributed by atoms with Crippen LogP contribution in [0.25, 0.3) is 0 Å². The monoisotopic (exact) mass is 462 g/mol. The van der Waals surface area contributed by atoms with Crippen LogP contribution in [0.5, 0.6) is 11.5 Å². The molecule has 0 amide bonds. The summed E-state index contributed by atoms with van der Waals surface area (Å²) in [6.45, 7) is 1.45. The van der Waals surface area contributed by atoms with Crippen LogP contribution in [0, 0.1) is 17.0 Å². The second kappa shape index (κ2) is 9.67. The first-order valence-corrected chi connectivity index (χ1v) is 9.61. The summed E-state index contributed by atoms with van der Waals surface area (Å²) in [4.78, 5) is 36.9. The van der Waals surface area contributed by atoms with Gasteiger partial charge in [-0.2, -0.15) is 0 Å². The highest BCUT2D eigenvalue weighted by Gasteiger charge is 2.33. The maximum atomic E-state index is 12.5. The van der Waals surface area contributed by atoms with Crippen molar-refractivity contribution in [1.82, 2.24) is 0 Å². The average Bonchev–Trinajstić information content (AvgIpc) is 2.79. The van der Waals surface area contributed by atoms with Crippen LogP contribution < -0.4 is 9.64 Å². The SMILES string of the molecule is COC(=O)C1=C(C(=O)OC)N(c2cc(Oc3ccc(Cl)c(C)c3)cc([N+](=O)[O-])c2)COC1. The number of hydrogen-bond acceptors (Lipinski definition) is 9. The zero-order valence-electron chi connectivity index (χ0n) is 17.4. The number of rotatable bonds is 6. The van der Waals surface area contributed by atoms with Crippen LogP contribution in [0.15, 0.2) is 47.7 Å². The van der Waals surface area contributed by atoms with E-state index in [1.165, 1.54) is 23.1 Å². The lowest BCUT2D eigenvalue weighted by Crippen LogP contribution is -2.38. The second-order valence-corrected chi connectivity index (χ2v) is 7.08. The minimum atomic E-state index is -0.823. The Kier molecular flexibility index (Phi) is 6.96. The number of esters is 2. The van der Waals surface area contributed by atoms with E-state index in [2.05, 4.69) is 0 Å². The van der Waals surface area contributed by atoms with Gasteiger partial charge in [0.2, 0.25) is 0 Å². The van der Waals surface area contributed by atoms with E-state index in [-0.39, 0.29) is 41.7 Å². The van der Waals surface area contributed by atoms with Crippen LogP contribution in [0.4, 0.5) is 11.4 Å². The predicted molar refractivity (Wildman–Crippen MR) is 114 cm³/mol. The van der Waals surface area contributed by atoms with Crippen molar-refractivity contribution in [3.63, 3.8) is 0 Å². The molecule has 168 valence electrons. The number of halogens is 1. The Labute approximate surface area is 188 Å². The van der Waals surface area contributed by atoms with Gasteiger partial charge in [-0.25, -0.2) is 9.59 Å². The van der Waals surface area contributed by atoms with E-state index in [1.54, 1.807) is 25.1 Å². The van der Waals surface area contributed by atoms with Crippen molar-refractivity contribution >= 4 is 34.9 Å². The maximum absolute atomic E-state index is 12.5. The van der Waals surface area contributed by atoms with E-state index in [0.717, 1.165) is 19.8 Å². The van der Waals surface area contributed by atoms with Crippen LogP contribution in [-0.4, -0.2) is 44.4 Å². The lowest BCUT2D eigenvalue weighted by atomic mass is 10.1. The number of nitro benzene ring substituents is 1. The van der Waals surface area contributed by atoms with E-state index in [9.17, 15) is 19.7 Å². The van der Waals surface area contributed by atoms with Gasteiger partial charge >= 0.3 is 11.9 Å². The molecule has 1 aliphatic heterocycles. The first-order chi connectivity index (χ1) is 15.2. The number of non-ortho nitro benzene ring substituents is 1. The minimum Gasteiger partial charge on any atom is -0.466 e. The average molecular weight is 463 g/mol. The van der Waals surface area contributed by atoms with Crippen LogP contribution in [0.3, 0.4) is 0 Å². The normalized spacial score (nSPS) is 13.6. The van der Waals surface area contributed by atoms with Crippen LogP contribution in [0.2, 0.25) is 5.02 Å². The highest BCUT2D eigenvalue weighted by molar-refractivity contribution is 6.31. The number of anilines is 1. The summed E-state index contributed by atoms with van der Waals surface area (Å²) < 4.78 is 20.8. The van der Waals surface area contributed by atoms with Crippen molar-refractivity contribution in [3.05, 3.63) is 68.4 Å². The molecule has 2 aromatic carbocycles. The first kappa shape index (κ1) is 23.0. The third kappa shape index (κ3) is 4.82. The summed E-state index contributed by atoms with van der Waals surface area (Å²) in [5.41, 5.74) is 0.434. The lowest BCUT2D eigenvalue weighted by molar-refractivity contribution is -0.384. The van der Waals surface area contributed by atoms with Crippen molar-refractivity contribution in [1.29, 1.82) is 0 Å². The number of methoxy groups -OCH3 is 2. The fourth-order valence-corrected chi connectivity index (χ4v) is 3.17. The van der Waals surface area contributed by atoms with Gasteiger partial charge in [0.15, 0.2) is 0 Å². The molecule has 0 aromatic heterocycles. The van der Waals surface area contributed by atoms with Crippen LogP contribution >= 0.6 is 11.6 Å². The summed E-state index contributed by atoms with van der Waals surface area (Å²) in [5.74, 6) is -1.07. The summed E-state index contributed by atoms with van der Waals surface area (Å²) in [6.07, 6.45) is 0. The molecule has 0 saturated carbocycles. The molecular formula is C21H19ClN2O8. The first-order valence-electron chi connectivity index (χ1n) is 9.23. The molecule has 3 rings (SSSR count). The Bertz CT molecular complexity index is 1110. The molecule has 0 spiro atoms. The number of carbonyl (C=O) groups excluding carboxylic acids is 2. The van der Waals surface area contributed by atoms with Gasteiger partial charge in [0.25, 0.3) is 5.69 Å². The summed E-state index contributed by atoms with van der Waals surface area (Å²) in [5, 5.41) is 12.1. The summed E-state index contributed by atoms with van der Waals surface area (Å²) >= 11 is 6.04. The van der Waals surface area contributed by atoms with Crippen molar-refractivity contribution < 1.29 is 33.5 Å². The highest BCUT2D eigenvalue weighted by Crippen LogP contribution is 2.35. The largest absolute Gasteiger partial charge is 0.466 e. The van der Waals surface area contributed by atoms with E-state index < -0.39 is 16.9 Å².